The van der Waals surface area contributed by atoms with E-state index in [0.29, 0.717) is 0 Å². The zero-order valence-corrected chi connectivity index (χ0v) is 13.0. The third-order valence-electron chi connectivity index (χ3n) is 4.50. The van der Waals surface area contributed by atoms with Crippen molar-refractivity contribution < 1.29 is 0 Å². The number of hydrogen-bond acceptors (Lipinski definition) is 1. The maximum absolute atomic E-state index is 6.74. The molecule has 1 nitrogen and oxygen atoms in total. The second kappa shape index (κ2) is 4.68. The summed E-state index contributed by atoms with van der Waals surface area (Å²) in [7, 11) is 0. The number of pyridine rings is 1. The molecule has 0 atom stereocenters. The van der Waals surface area contributed by atoms with E-state index in [4.69, 9.17) is 16.6 Å². The largest absolute Gasteiger partial charge is 0.246 e. The Morgan fingerprint density at radius 1 is 0.522 bits per heavy atom. The highest BCUT2D eigenvalue weighted by atomic mass is 35.5. The molecule has 0 N–H and O–H groups in total. The zero-order chi connectivity index (χ0) is 15.4. The van der Waals surface area contributed by atoms with E-state index in [1.54, 1.807) is 0 Å². The Bertz CT molecular complexity index is 1130. The number of benzene rings is 4. The molecule has 0 amide bonds. The van der Waals surface area contributed by atoms with Gasteiger partial charge in [-0.15, -0.1) is 0 Å². The lowest BCUT2D eigenvalue weighted by Crippen LogP contribution is -1.88. The first-order chi connectivity index (χ1) is 11.3. The molecule has 0 saturated carbocycles. The lowest BCUT2D eigenvalue weighted by molar-refractivity contribution is 1.53. The van der Waals surface area contributed by atoms with E-state index in [1.807, 2.05) is 24.3 Å². The number of fused-ring (bicyclic) bond motifs is 6. The molecule has 2 heteroatoms. The van der Waals surface area contributed by atoms with Crippen LogP contribution in [-0.2, 0) is 0 Å². The molecule has 0 aliphatic rings. The molecule has 0 aliphatic heterocycles. The van der Waals surface area contributed by atoms with Gasteiger partial charge in [-0.1, -0.05) is 84.4 Å². The molecule has 0 saturated heterocycles. The first kappa shape index (κ1) is 12.9. The van der Waals surface area contributed by atoms with Crippen molar-refractivity contribution in [3.63, 3.8) is 0 Å². The van der Waals surface area contributed by atoms with Crippen LogP contribution in [0.4, 0.5) is 0 Å². The highest BCUT2D eigenvalue weighted by Crippen LogP contribution is 2.36. The van der Waals surface area contributed by atoms with Crippen molar-refractivity contribution in [2.45, 2.75) is 0 Å². The summed E-state index contributed by atoms with van der Waals surface area (Å²) >= 11 is 6.74. The summed E-state index contributed by atoms with van der Waals surface area (Å²) in [6.45, 7) is 0. The number of nitrogens with zero attached hydrogens (tertiary/aromatic N) is 1. The van der Waals surface area contributed by atoms with Crippen LogP contribution in [0, 0.1) is 0 Å². The van der Waals surface area contributed by atoms with Gasteiger partial charge in [0.05, 0.1) is 16.1 Å². The van der Waals surface area contributed by atoms with E-state index in [9.17, 15) is 0 Å². The quantitative estimate of drug-likeness (QED) is 0.240. The van der Waals surface area contributed by atoms with Gasteiger partial charge < -0.3 is 0 Å². The molecule has 0 bridgehead atoms. The van der Waals surface area contributed by atoms with Crippen molar-refractivity contribution in [3.05, 3.63) is 77.8 Å². The summed E-state index contributed by atoms with van der Waals surface area (Å²) in [5, 5.41) is 7.44. The first-order valence-corrected chi connectivity index (χ1v) is 7.99. The Labute approximate surface area is 138 Å². The Morgan fingerprint density at radius 2 is 1.00 bits per heavy atom. The van der Waals surface area contributed by atoms with Crippen LogP contribution >= 0.6 is 11.6 Å². The van der Waals surface area contributed by atoms with Crippen LogP contribution in [0.15, 0.2) is 72.8 Å². The maximum atomic E-state index is 6.74. The molecule has 4 aromatic carbocycles. The van der Waals surface area contributed by atoms with E-state index in [0.717, 1.165) is 37.6 Å². The molecule has 108 valence electrons. The molecule has 0 aliphatic carbocycles. The van der Waals surface area contributed by atoms with Gasteiger partial charge in [-0.05, 0) is 10.8 Å². The fourth-order valence-electron chi connectivity index (χ4n) is 3.36. The molecule has 5 aromatic rings. The Balaban J connectivity index is 2.10. The molecule has 5 rings (SSSR count). The van der Waals surface area contributed by atoms with Gasteiger partial charge in [-0.2, -0.15) is 0 Å². The van der Waals surface area contributed by atoms with Crippen LogP contribution in [-0.4, -0.2) is 4.98 Å². The molecule has 0 fully saturated rings. The van der Waals surface area contributed by atoms with E-state index in [-0.39, 0.29) is 0 Å². The third kappa shape index (κ3) is 1.77. The topological polar surface area (TPSA) is 12.9 Å². The summed E-state index contributed by atoms with van der Waals surface area (Å²) in [4.78, 5) is 5.01. The van der Waals surface area contributed by atoms with Crippen molar-refractivity contribution in [3.8, 4) is 0 Å². The number of hydrogen-bond donors (Lipinski definition) is 0. The van der Waals surface area contributed by atoms with E-state index >= 15 is 0 Å². The highest BCUT2D eigenvalue weighted by Gasteiger charge is 2.11. The van der Waals surface area contributed by atoms with E-state index in [1.165, 1.54) is 10.8 Å². The molecule has 0 unspecified atom stereocenters. The lowest BCUT2D eigenvalue weighted by Gasteiger charge is -2.10. The Hall–Kier alpha value is -2.64. The molecule has 23 heavy (non-hydrogen) atoms. The van der Waals surface area contributed by atoms with Crippen molar-refractivity contribution in [1.82, 2.24) is 4.98 Å². The fraction of sp³-hybridized carbons (Fsp3) is 0. The third-order valence-corrected chi connectivity index (χ3v) is 4.90. The molecule has 0 spiro atoms. The van der Waals surface area contributed by atoms with E-state index < -0.39 is 0 Å². The zero-order valence-electron chi connectivity index (χ0n) is 12.3. The predicted octanol–water partition coefficient (Wildman–Crippen LogP) is 6.35. The Morgan fingerprint density at radius 3 is 1.52 bits per heavy atom. The molecular weight excluding hydrogens is 302 g/mol. The van der Waals surface area contributed by atoms with Crippen LogP contribution in [0.1, 0.15) is 0 Å². The first-order valence-electron chi connectivity index (χ1n) is 7.61. The van der Waals surface area contributed by atoms with Crippen LogP contribution in [0.5, 0.6) is 0 Å². The Kier molecular flexibility index (Phi) is 2.61. The molecular formula is C21H12ClN. The van der Waals surface area contributed by atoms with Crippen LogP contribution in [0.2, 0.25) is 5.02 Å². The fourth-order valence-corrected chi connectivity index (χ4v) is 3.67. The molecule has 0 radical (unpaired) electrons. The summed E-state index contributed by atoms with van der Waals surface area (Å²) in [5.41, 5.74) is 1.94. The van der Waals surface area contributed by atoms with Crippen LogP contribution in [0.25, 0.3) is 43.4 Å². The minimum atomic E-state index is 0.779. The summed E-state index contributed by atoms with van der Waals surface area (Å²) in [6, 6.07) is 25.0. The smallest absolute Gasteiger partial charge is 0.0803 e. The standard InChI is InChI=1S/C21H12ClN/c22-19-17-11-9-13-5-1-3-7-15(13)20(17)23-21-16-8-4-2-6-14(16)10-12-18(19)21/h1-12H. The van der Waals surface area contributed by atoms with Gasteiger partial charge in [-0.3, -0.25) is 0 Å². The average Bonchev–Trinajstić information content (AvgIpc) is 2.61. The monoisotopic (exact) mass is 313 g/mol. The van der Waals surface area contributed by atoms with Gasteiger partial charge in [0.25, 0.3) is 0 Å². The van der Waals surface area contributed by atoms with Gasteiger partial charge in [0.2, 0.25) is 0 Å². The predicted molar refractivity (Wildman–Crippen MR) is 99.3 cm³/mol. The van der Waals surface area contributed by atoms with Crippen molar-refractivity contribution >= 4 is 55.0 Å². The van der Waals surface area contributed by atoms with Gasteiger partial charge in [-0.25, -0.2) is 4.98 Å². The lowest BCUT2D eigenvalue weighted by atomic mass is 10.0. The number of rotatable bonds is 0. The minimum Gasteiger partial charge on any atom is -0.246 e. The van der Waals surface area contributed by atoms with Gasteiger partial charge in [0.15, 0.2) is 0 Å². The SMILES string of the molecule is Clc1c2ccc3ccccc3c2nc2c1ccc1ccccc12. The second-order valence-corrected chi connectivity index (χ2v) is 6.17. The van der Waals surface area contributed by atoms with Gasteiger partial charge in [0, 0.05) is 21.5 Å². The summed E-state index contributed by atoms with van der Waals surface area (Å²) in [6.07, 6.45) is 0. The summed E-state index contributed by atoms with van der Waals surface area (Å²) < 4.78 is 0. The van der Waals surface area contributed by atoms with Crippen molar-refractivity contribution in [2.75, 3.05) is 0 Å². The van der Waals surface area contributed by atoms with Crippen LogP contribution in [0.3, 0.4) is 0 Å². The average molecular weight is 314 g/mol. The van der Waals surface area contributed by atoms with E-state index in [2.05, 4.69) is 48.5 Å². The highest BCUT2D eigenvalue weighted by molar-refractivity contribution is 6.41. The minimum absolute atomic E-state index is 0.779. The number of aromatic nitrogens is 1. The normalized spacial score (nSPS) is 11.7. The van der Waals surface area contributed by atoms with Gasteiger partial charge in [0.1, 0.15) is 0 Å². The maximum Gasteiger partial charge on any atom is 0.0803 e. The van der Waals surface area contributed by atoms with Crippen molar-refractivity contribution in [2.24, 2.45) is 0 Å². The summed E-state index contributed by atoms with van der Waals surface area (Å²) in [5.74, 6) is 0. The molecule has 1 heterocycles. The van der Waals surface area contributed by atoms with Crippen LogP contribution < -0.4 is 0 Å². The van der Waals surface area contributed by atoms with Gasteiger partial charge >= 0.3 is 0 Å². The second-order valence-electron chi connectivity index (χ2n) is 5.79. The molecule has 1 aromatic heterocycles. The number of halogens is 1. The van der Waals surface area contributed by atoms with Crippen molar-refractivity contribution in [1.29, 1.82) is 0 Å².